The number of nitrogens with two attached hydrogens (primary N) is 1. The predicted molar refractivity (Wildman–Crippen MR) is 166 cm³/mol. The molecule has 43 heavy (non-hydrogen) atoms. The van der Waals surface area contributed by atoms with Gasteiger partial charge in [0.2, 0.25) is 0 Å². The monoisotopic (exact) mass is 577 g/mol. The minimum Gasteiger partial charge on any atom is -0.449 e. The predicted octanol–water partition coefficient (Wildman–Crippen LogP) is 7.39. The maximum Gasteiger partial charge on any atom is 0.339 e. The number of unbranched alkanes of at least 4 members (excludes halogenated alkanes) is 1. The second-order valence-corrected chi connectivity index (χ2v) is 13.9. The number of aryl methyl sites for hydroxylation is 1. The highest BCUT2D eigenvalue weighted by atomic mass is 16.6. The molecular weight excluding hydrogens is 534 g/mol. The van der Waals surface area contributed by atoms with E-state index < -0.39 is 16.4 Å². The summed E-state index contributed by atoms with van der Waals surface area (Å²) in [5.41, 5.74) is 9.96. The Morgan fingerprint density at radius 3 is 2.79 bits per heavy atom. The minimum atomic E-state index is -0.929. The van der Waals surface area contributed by atoms with Gasteiger partial charge in [-0.25, -0.2) is 4.79 Å². The van der Waals surface area contributed by atoms with Gasteiger partial charge in [-0.1, -0.05) is 80.8 Å². The fourth-order valence-corrected chi connectivity index (χ4v) is 10.9. The first-order valence-corrected chi connectivity index (χ1v) is 16.8. The summed E-state index contributed by atoms with van der Waals surface area (Å²) in [6, 6.07) is 6.22. The van der Waals surface area contributed by atoms with Crippen LogP contribution in [0.1, 0.15) is 93.1 Å². The molecule has 0 radical (unpaired) electrons. The second kappa shape index (κ2) is 9.66. The molecule has 0 aromatic heterocycles. The van der Waals surface area contributed by atoms with Crippen molar-refractivity contribution in [2.45, 2.75) is 83.7 Å². The summed E-state index contributed by atoms with van der Waals surface area (Å²) in [4.78, 5) is 28.8. The van der Waals surface area contributed by atoms with Crippen LogP contribution in [-0.4, -0.2) is 18.5 Å². The van der Waals surface area contributed by atoms with E-state index in [1.54, 1.807) is 0 Å². The van der Waals surface area contributed by atoms with Gasteiger partial charge >= 0.3 is 11.9 Å². The SMILES string of the molecule is CCC/C=C1\OC(=O)[C@@]23C4=C(CC[C@@]12[C@]1(OC(=O)c2c(CCCN)cccc21)[C@H]3CCC)[C@@H]1C=CC[C@H]2CC=CC(=C4)[C@H]21. The van der Waals surface area contributed by atoms with Crippen molar-refractivity contribution in [1.29, 1.82) is 0 Å². The molecule has 2 N–H and O–H groups in total. The molecule has 1 aromatic carbocycles. The summed E-state index contributed by atoms with van der Waals surface area (Å²) in [5.74, 6) is 1.57. The number of rotatable bonds is 7. The number of carbonyl (C=O) groups excluding carboxylic acids is 2. The zero-order valence-corrected chi connectivity index (χ0v) is 25.5. The molecule has 1 aromatic rings. The van der Waals surface area contributed by atoms with E-state index >= 15 is 0 Å². The fourth-order valence-electron chi connectivity index (χ4n) is 10.9. The average Bonchev–Trinajstić information content (AvgIpc) is 3.47. The first kappa shape index (κ1) is 27.4. The third-order valence-electron chi connectivity index (χ3n) is 12.2. The number of ether oxygens (including phenoxy) is 2. The molecule has 7 atom stereocenters. The van der Waals surface area contributed by atoms with Crippen LogP contribution in [0.5, 0.6) is 0 Å². The molecule has 8 rings (SSSR count). The Morgan fingerprint density at radius 1 is 1.12 bits per heavy atom. The Hall–Kier alpha value is -3.18. The quantitative estimate of drug-likeness (QED) is 0.270. The lowest BCUT2D eigenvalue weighted by molar-refractivity contribution is -0.275. The van der Waals surface area contributed by atoms with Crippen molar-refractivity contribution in [3.05, 3.63) is 93.8 Å². The van der Waals surface area contributed by atoms with Crippen molar-refractivity contribution in [1.82, 2.24) is 0 Å². The van der Waals surface area contributed by atoms with Gasteiger partial charge in [0.15, 0.2) is 5.60 Å². The molecule has 2 aliphatic heterocycles. The first-order chi connectivity index (χ1) is 21.0. The Morgan fingerprint density at radius 2 is 1.98 bits per heavy atom. The second-order valence-electron chi connectivity index (χ2n) is 13.9. The molecule has 1 spiro atoms. The van der Waals surface area contributed by atoms with Gasteiger partial charge < -0.3 is 15.2 Å². The van der Waals surface area contributed by atoms with E-state index in [0.717, 1.165) is 81.1 Å². The van der Waals surface area contributed by atoms with Crippen LogP contribution in [0.2, 0.25) is 0 Å². The summed E-state index contributed by atoms with van der Waals surface area (Å²) in [6.07, 6.45) is 22.8. The summed E-state index contributed by atoms with van der Waals surface area (Å²) in [7, 11) is 0. The molecule has 1 saturated carbocycles. The molecule has 0 unspecified atom stereocenters. The highest BCUT2D eigenvalue weighted by Crippen LogP contribution is 2.86. The van der Waals surface area contributed by atoms with E-state index in [1.807, 2.05) is 6.07 Å². The number of hydrogen-bond acceptors (Lipinski definition) is 5. The zero-order valence-electron chi connectivity index (χ0n) is 25.5. The first-order valence-electron chi connectivity index (χ1n) is 16.8. The number of fused-ring (bicyclic) bond motifs is 3. The van der Waals surface area contributed by atoms with E-state index in [1.165, 1.54) is 16.7 Å². The molecule has 7 aliphatic rings. The van der Waals surface area contributed by atoms with Crippen LogP contribution in [0.4, 0.5) is 0 Å². The lowest BCUT2D eigenvalue weighted by Gasteiger charge is -2.71. The molecule has 5 aliphatic carbocycles. The molecule has 1 saturated heterocycles. The van der Waals surface area contributed by atoms with Crippen LogP contribution in [0.25, 0.3) is 0 Å². The molecule has 2 heterocycles. The van der Waals surface area contributed by atoms with Gasteiger partial charge in [0, 0.05) is 17.4 Å². The number of allylic oxidation sites excluding steroid dienone is 8. The molecule has 5 nitrogen and oxygen atoms in total. The van der Waals surface area contributed by atoms with Crippen molar-refractivity contribution >= 4 is 11.9 Å². The average molecular weight is 578 g/mol. The van der Waals surface area contributed by atoms with Crippen molar-refractivity contribution < 1.29 is 19.1 Å². The third-order valence-corrected chi connectivity index (χ3v) is 12.2. The summed E-state index contributed by atoms with van der Waals surface area (Å²) in [6.45, 7) is 4.90. The number of benzene rings is 1. The molecule has 224 valence electrons. The Bertz CT molecular complexity index is 1580. The Labute approximate surface area is 255 Å². The van der Waals surface area contributed by atoms with Crippen molar-refractivity contribution in [3.8, 4) is 0 Å². The standard InChI is InChI=1S/C38H43NO4/c1-3-5-18-31-36-20-19-26-27-16-7-12-23-11-6-14-25(32(23)27)22-29(26)37(36,35(41)42-31)30(10-4-2)38(36)28-17-8-13-24(15-9-21-39)33(28)34(40)43-38/h6-8,13-14,16-18,22-23,27,30,32H,3-5,9-12,15,19-21,39H2,1-2H3/b31-18-/t23-,27+,30+,32+,36-,37+,38-/m1/s1. The highest BCUT2D eigenvalue weighted by Gasteiger charge is 2.92. The van der Waals surface area contributed by atoms with Crippen molar-refractivity contribution in [2.75, 3.05) is 6.54 Å². The minimum absolute atomic E-state index is 0.138. The molecule has 0 amide bonds. The number of cyclic esters (lactones) is 1. The van der Waals surface area contributed by atoms with Crippen molar-refractivity contribution in [3.63, 3.8) is 0 Å². The number of hydrogen-bond donors (Lipinski definition) is 1. The van der Waals surface area contributed by atoms with Gasteiger partial charge in [0.1, 0.15) is 11.2 Å². The fraction of sp³-hybridized carbons (Fsp3) is 0.526. The maximum atomic E-state index is 14.8. The van der Waals surface area contributed by atoms with Crippen LogP contribution < -0.4 is 5.73 Å². The van der Waals surface area contributed by atoms with Gasteiger partial charge in [-0.15, -0.1) is 0 Å². The number of carbonyl (C=O) groups is 2. The summed E-state index contributed by atoms with van der Waals surface area (Å²) in [5, 5.41) is 0. The van der Waals surface area contributed by atoms with E-state index in [2.05, 4.69) is 62.4 Å². The largest absolute Gasteiger partial charge is 0.449 e. The normalized spacial score (nSPS) is 38.6. The van der Waals surface area contributed by atoms with E-state index in [9.17, 15) is 9.59 Å². The molecule has 5 heteroatoms. The van der Waals surface area contributed by atoms with Crippen LogP contribution in [0.15, 0.2) is 77.1 Å². The van der Waals surface area contributed by atoms with Gasteiger partial charge in [-0.2, -0.15) is 0 Å². The zero-order chi connectivity index (χ0) is 29.6. The Balaban J connectivity index is 1.41. The topological polar surface area (TPSA) is 78.6 Å². The lowest BCUT2D eigenvalue weighted by atomic mass is 9.29. The summed E-state index contributed by atoms with van der Waals surface area (Å²) >= 11 is 0. The third kappa shape index (κ3) is 3.08. The van der Waals surface area contributed by atoms with Gasteiger partial charge in [0.05, 0.1) is 11.0 Å². The van der Waals surface area contributed by atoms with Crippen LogP contribution >= 0.6 is 0 Å². The lowest BCUT2D eigenvalue weighted by Crippen LogP contribution is -2.76. The highest BCUT2D eigenvalue weighted by molar-refractivity contribution is 6.00. The maximum absolute atomic E-state index is 14.8. The molecule has 2 fully saturated rings. The van der Waals surface area contributed by atoms with E-state index in [0.29, 0.717) is 29.9 Å². The van der Waals surface area contributed by atoms with Crippen molar-refractivity contribution in [2.24, 2.45) is 40.2 Å². The van der Waals surface area contributed by atoms with Gasteiger partial charge in [-0.3, -0.25) is 4.79 Å². The Kier molecular flexibility index (Phi) is 6.15. The summed E-state index contributed by atoms with van der Waals surface area (Å²) < 4.78 is 13.3. The van der Waals surface area contributed by atoms with Crippen LogP contribution in [-0.2, 0) is 26.3 Å². The van der Waals surface area contributed by atoms with Crippen LogP contribution in [0.3, 0.4) is 0 Å². The van der Waals surface area contributed by atoms with Crippen LogP contribution in [0, 0.1) is 34.5 Å². The van der Waals surface area contributed by atoms with E-state index in [-0.39, 0.29) is 17.9 Å². The van der Waals surface area contributed by atoms with Gasteiger partial charge in [-0.05, 0) is 92.5 Å². The van der Waals surface area contributed by atoms with E-state index in [4.69, 9.17) is 15.2 Å². The molecule has 0 bridgehead atoms. The smallest absolute Gasteiger partial charge is 0.339 e. The number of esters is 2. The molecular formula is C38H43NO4. The van der Waals surface area contributed by atoms with Gasteiger partial charge in [0.25, 0.3) is 0 Å².